The number of carboxylic acid groups (broad SMARTS) is 1. The summed E-state index contributed by atoms with van der Waals surface area (Å²) in [6.07, 6.45) is 2.61. The molecular formula is C14H25N5O2. The second kappa shape index (κ2) is 7.51. The minimum absolute atomic E-state index is 0.136. The van der Waals surface area contributed by atoms with Crippen molar-refractivity contribution in [3.8, 4) is 0 Å². The Morgan fingerprint density at radius 1 is 1.29 bits per heavy atom. The summed E-state index contributed by atoms with van der Waals surface area (Å²) in [5.41, 5.74) is 0. The van der Waals surface area contributed by atoms with Crippen LogP contribution >= 0.6 is 0 Å². The molecule has 0 unspecified atom stereocenters. The van der Waals surface area contributed by atoms with E-state index in [1.165, 1.54) is 0 Å². The zero-order valence-electron chi connectivity index (χ0n) is 12.9. The highest BCUT2D eigenvalue weighted by Gasteiger charge is 2.18. The largest absolute Gasteiger partial charge is 0.480 e. The monoisotopic (exact) mass is 295 g/mol. The van der Waals surface area contributed by atoms with Crippen molar-refractivity contribution in [2.24, 2.45) is 5.92 Å². The Morgan fingerprint density at radius 3 is 2.71 bits per heavy atom. The fraction of sp³-hybridized carbons (Fsp3) is 0.786. The van der Waals surface area contributed by atoms with E-state index < -0.39 is 5.97 Å². The van der Waals surface area contributed by atoms with Gasteiger partial charge in [-0.05, 0) is 18.9 Å². The van der Waals surface area contributed by atoms with Crippen LogP contribution in [0.15, 0.2) is 6.33 Å². The van der Waals surface area contributed by atoms with Gasteiger partial charge in [0.25, 0.3) is 0 Å². The maximum absolute atomic E-state index is 10.8. The van der Waals surface area contributed by atoms with E-state index in [1.807, 2.05) is 9.58 Å². The van der Waals surface area contributed by atoms with Crippen molar-refractivity contribution >= 4 is 5.97 Å². The van der Waals surface area contributed by atoms with Gasteiger partial charge in [-0.3, -0.25) is 14.6 Å². The predicted octanol–water partition coefficient (Wildman–Crippen LogP) is 0.526. The van der Waals surface area contributed by atoms with E-state index in [0.29, 0.717) is 5.92 Å². The van der Waals surface area contributed by atoms with E-state index >= 15 is 0 Å². The zero-order chi connectivity index (χ0) is 15.2. The second-order valence-corrected chi connectivity index (χ2v) is 6.05. The van der Waals surface area contributed by atoms with Crippen LogP contribution in [-0.2, 0) is 17.9 Å². The van der Waals surface area contributed by atoms with Crippen LogP contribution in [0.3, 0.4) is 0 Å². The van der Waals surface area contributed by atoms with E-state index in [1.54, 1.807) is 6.33 Å². The van der Waals surface area contributed by atoms with Crippen LogP contribution in [0.5, 0.6) is 0 Å². The summed E-state index contributed by atoms with van der Waals surface area (Å²) in [6, 6.07) is 0. The first-order valence-corrected chi connectivity index (χ1v) is 7.57. The van der Waals surface area contributed by atoms with Crippen LogP contribution in [0.4, 0.5) is 0 Å². The van der Waals surface area contributed by atoms with E-state index in [9.17, 15) is 4.79 Å². The molecule has 7 heteroatoms. The fourth-order valence-electron chi connectivity index (χ4n) is 2.64. The highest BCUT2D eigenvalue weighted by molar-refractivity contribution is 5.69. The molecule has 1 N–H and O–H groups in total. The molecule has 0 aliphatic carbocycles. The summed E-state index contributed by atoms with van der Waals surface area (Å²) >= 11 is 0. The summed E-state index contributed by atoms with van der Waals surface area (Å²) in [4.78, 5) is 19.5. The number of hydrogen-bond donors (Lipinski definition) is 1. The number of carbonyl (C=O) groups is 1. The van der Waals surface area contributed by atoms with Gasteiger partial charge in [0.05, 0.1) is 13.1 Å². The highest BCUT2D eigenvalue weighted by atomic mass is 16.4. The molecule has 0 spiro atoms. The zero-order valence-corrected chi connectivity index (χ0v) is 12.9. The number of rotatable bonds is 6. The van der Waals surface area contributed by atoms with Crippen molar-refractivity contribution in [2.75, 3.05) is 32.7 Å². The molecule has 118 valence electrons. The Morgan fingerprint density at radius 2 is 2.00 bits per heavy atom. The summed E-state index contributed by atoms with van der Waals surface area (Å²) in [5.74, 6) is 0.788. The van der Waals surface area contributed by atoms with E-state index in [2.05, 4.69) is 28.8 Å². The molecule has 1 aromatic rings. The van der Waals surface area contributed by atoms with E-state index in [-0.39, 0.29) is 6.54 Å². The quantitative estimate of drug-likeness (QED) is 0.825. The summed E-state index contributed by atoms with van der Waals surface area (Å²) in [7, 11) is 0. The van der Waals surface area contributed by atoms with Gasteiger partial charge in [0.2, 0.25) is 0 Å². The van der Waals surface area contributed by atoms with Gasteiger partial charge in [-0.25, -0.2) is 9.67 Å². The third kappa shape index (κ3) is 5.09. The van der Waals surface area contributed by atoms with Crippen molar-refractivity contribution in [1.82, 2.24) is 24.6 Å². The van der Waals surface area contributed by atoms with Gasteiger partial charge in [0.15, 0.2) is 0 Å². The van der Waals surface area contributed by atoms with Gasteiger partial charge in [0, 0.05) is 26.2 Å². The van der Waals surface area contributed by atoms with Gasteiger partial charge < -0.3 is 5.11 Å². The lowest BCUT2D eigenvalue weighted by Crippen LogP contribution is -2.34. The molecule has 1 fully saturated rings. The molecule has 1 aliphatic rings. The molecule has 7 nitrogen and oxygen atoms in total. The number of aromatic nitrogens is 3. The minimum Gasteiger partial charge on any atom is -0.480 e. The maximum Gasteiger partial charge on any atom is 0.317 e. The predicted molar refractivity (Wildman–Crippen MR) is 78.8 cm³/mol. The molecule has 0 amide bonds. The van der Waals surface area contributed by atoms with Crippen LogP contribution in [0.1, 0.15) is 26.1 Å². The number of aliphatic carboxylic acids is 1. The lowest BCUT2D eigenvalue weighted by Gasteiger charge is -2.20. The third-order valence-corrected chi connectivity index (χ3v) is 3.64. The molecule has 0 bridgehead atoms. The number of hydrogen-bond acceptors (Lipinski definition) is 5. The molecule has 1 saturated heterocycles. The molecule has 2 heterocycles. The first-order chi connectivity index (χ1) is 10.0. The SMILES string of the molecule is CC(C)Cn1ncnc1CN1CCCN(CC(=O)O)CC1. The molecule has 0 saturated carbocycles. The molecule has 0 aromatic carbocycles. The average Bonchev–Trinajstić information content (AvgIpc) is 2.68. The van der Waals surface area contributed by atoms with E-state index in [0.717, 1.165) is 51.5 Å². The van der Waals surface area contributed by atoms with Crippen LogP contribution in [0.25, 0.3) is 0 Å². The molecule has 2 rings (SSSR count). The number of carboxylic acids is 1. The lowest BCUT2D eigenvalue weighted by atomic mass is 10.2. The van der Waals surface area contributed by atoms with Crippen molar-refractivity contribution in [3.63, 3.8) is 0 Å². The summed E-state index contributed by atoms with van der Waals surface area (Å²) < 4.78 is 1.98. The van der Waals surface area contributed by atoms with Gasteiger partial charge in [0.1, 0.15) is 12.2 Å². The molecule has 1 aromatic heterocycles. The number of nitrogens with zero attached hydrogens (tertiary/aromatic N) is 5. The topological polar surface area (TPSA) is 74.5 Å². The Labute approximate surface area is 125 Å². The summed E-state index contributed by atoms with van der Waals surface area (Å²) in [6.45, 7) is 9.64. The lowest BCUT2D eigenvalue weighted by molar-refractivity contribution is -0.138. The third-order valence-electron chi connectivity index (χ3n) is 3.64. The maximum atomic E-state index is 10.8. The van der Waals surface area contributed by atoms with Gasteiger partial charge in [-0.2, -0.15) is 5.10 Å². The molecule has 0 radical (unpaired) electrons. The first-order valence-electron chi connectivity index (χ1n) is 7.57. The van der Waals surface area contributed by atoms with Crippen LogP contribution in [-0.4, -0.2) is 68.4 Å². The molecule has 21 heavy (non-hydrogen) atoms. The van der Waals surface area contributed by atoms with Crippen LogP contribution in [0, 0.1) is 5.92 Å². The molecule has 0 atom stereocenters. The van der Waals surface area contributed by atoms with E-state index in [4.69, 9.17) is 5.11 Å². The minimum atomic E-state index is -0.750. The Bertz CT molecular complexity index is 460. The molecule has 1 aliphatic heterocycles. The first kappa shape index (κ1) is 15.9. The Hall–Kier alpha value is -1.47. The van der Waals surface area contributed by atoms with Gasteiger partial charge >= 0.3 is 5.97 Å². The van der Waals surface area contributed by atoms with Crippen LogP contribution < -0.4 is 0 Å². The second-order valence-electron chi connectivity index (χ2n) is 6.05. The van der Waals surface area contributed by atoms with Crippen molar-refractivity contribution in [2.45, 2.75) is 33.4 Å². The summed E-state index contributed by atoms with van der Waals surface area (Å²) in [5, 5.41) is 13.2. The Balaban J connectivity index is 1.89. The normalized spacial score (nSPS) is 18.0. The average molecular weight is 295 g/mol. The van der Waals surface area contributed by atoms with Crippen molar-refractivity contribution in [1.29, 1.82) is 0 Å². The highest BCUT2D eigenvalue weighted by Crippen LogP contribution is 2.08. The van der Waals surface area contributed by atoms with Gasteiger partial charge in [-0.15, -0.1) is 0 Å². The van der Waals surface area contributed by atoms with Gasteiger partial charge in [-0.1, -0.05) is 13.8 Å². The smallest absolute Gasteiger partial charge is 0.317 e. The molecular weight excluding hydrogens is 270 g/mol. The fourth-order valence-corrected chi connectivity index (χ4v) is 2.64. The van der Waals surface area contributed by atoms with Crippen molar-refractivity contribution < 1.29 is 9.90 Å². The van der Waals surface area contributed by atoms with Crippen LogP contribution in [0.2, 0.25) is 0 Å². The standard InChI is InChI=1S/C14H25N5O2/c1-12(2)8-19-13(15-11-16-19)9-17-4-3-5-18(7-6-17)10-14(20)21/h11-12H,3-10H2,1-2H3,(H,20,21). The van der Waals surface area contributed by atoms with Crippen molar-refractivity contribution in [3.05, 3.63) is 12.2 Å². The Kier molecular flexibility index (Phi) is 5.69.